The Morgan fingerprint density at radius 2 is 2.47 bits per heavy atom. The van der Waals surface area contributed by atoms with Crippen LogP contribution in [0, 0.1) is 0 Å². The lowest BCUT2D eigenvalue weighted by molar-refractivity contribution is -0.129. The molecule has 0 radical (unpaired) electrons. The lowest BCUT2D eigenvalue weighted by atomic mass is 10.2. The van der Waals surface area contributed by atoms with E-state index in [2.05, 4.69) is 10.3 Å². The molecule has 0 saturated carbocycles. The van der Waals surface area contributed by atoms with Crippen molar-refractivity contribution in [1.29, 1.82) is 0 Å². The Hall–Kier alpha value is -1.07. The van der Waals surface area contributed by atoms with Crippen LogP contribution in [-0.4, -0.2) is 47.7 Å². The van der Waals surface area contributed by atoms with Crippen molar-refractivity contribution in [2.75, 3.05) is 25.9 Å². The molecule has 2 rings (SSSR count). The number of pyridine rings is 1. The molecule has 104 valence electrons. The summed E-state index contributed by atoms with van der Waals surface area (Å²) in [5.41, 5.74) is 1.04. The molecule has 19 heavy (non-hydrogen) atoms. The molecular weight excluding hydrogens is 258 g/mol. The minimum atomic E-state index is 0.263. The van der Waals surface area contributed by atoms with Gasteiger partial charge in [-0.3, -0.25) is 9.78 Å². The van der Waals surface area contributed by atoms with E-state index in [9.17, 15) is 4.79 Å². The Kier molecular flexibility index (Phi) is 5.66. The van der Waals surface area contributed by atoms with Crippen molar-refractivity contribution in [2.24, 2.45) is 0 Å². The number of amides is 1. The molecule has 1 unspecified atom stereocenters. The van der Waals surface area contributed by atoms with E-state index < -0.39 is 0 Å². The highest BCUT2D eigenvalue weighted by Gasteiger charge is 2.27. The first-order valence-corrected chi connectivity index (χ1v) is 7.88. The summed E-state index contributed by atoms with van der Waals surface area (Å²) in [6.45, 7) is 1.81. The third kappa shape index (κ3) is 4.21. The molecule has 2 heterocycles. The molecule has 0 bridgehead atoms. The molecule has 1 amide bonds. The van der Waals surface area contributed by atoms with Crippen LogP contribution in [-0.2, 0) is 10.5 Å². The predicted octanol–water partition coefficient (Wildman–Crippen LogP) is 1.53. The zero-order valence-electron chi connectivity index (χ0n) is 11.3. The molecule has 1 N–H and O–H groups in total. The van der Waals surface area contributed by atoms with Gasteiger partial charge in [0.25, 0.3) is 0 Å². The second-order valence-corrected chi connectivity index (χ2v) is 5.74. The zero-order valence-corrected chi connectivity index (χ0v) is 12.2. The van der Waals surface area contributed by atoms with Crippen LogP contribution in [0.15, 0.2) is 24.4 Å². The second kappa shape index (κ2) is 7.50. The Labute approximate surface area is 119 Å². The Bertz CT molecular complexity index is 399. The van der Waals surface area contributed by atoms with Crippen molar-refractivity contribution in [3.63, 3.8) is 0 Å². The molecule has 1 aromatic heterocycles. The van der Waals surface area contributed by atoms with E-state index in [1.807, 2.05) is 30.1 Å². The zero-order chi connectivity index (χ0) is 13.5. The number of rotatable bonds is 6. The van der Waals surface area contributed by atoms with Crippen LogP contribution in [0.25, 0.3) is 0 Å². The summed E-state index contributed by atoms with van der Waals surface area (Å²) in [6, 6.07) is 6.27. The van der Waals surface area contributed by atoms with Crippen LogP contribution < -0.4 is 5.32 Å². The maximum Gasteiger partial charge on any atom is 0.232 e. The maximum atomic E-state index is 12.2. The first-order chi connectivity index (χ1) is 9.31. The molecular formula is C14H21N3OS. The molecule has 1 atom stereocenters. The van der Waals surface area contributed by atoms with Crippen molar-refractivity contribution in [3.05, 3.63) is 30.1 Å². The van der Waals surface area contributed by atoms with Gasteiger partial charge in [-0.2, -0.15) is 0 Å². The number of aromatic nitrogens is 1. The molecule has 1 saturated heterocycles. The number of carbonyl (C=O) groups is 1. The summed E-state index contributed by atoms with van der Waals surface area (Å²) >= 11 is 1.65. The van der Waals surface area contributed by atoms with Gasteiger partial charge in [0, 0.05) is 31.1 Å². The highest BCUT2D eigenvalue weighted by molar-refractivity contribution is 7.99. The number of nitrogens with zero attached hydrogens (tertiary/aromatic N) is 2. The van der Waals surface area contributed by atoms with Crippen LogP contribution in [0.1, 0.15) is 18.5 Å². The summed E-state index contributed by atoms with van der Waals surface area (Å²) in [5, 5.41) is 3.17. The van der Waals surface area contributed by atoms with Gasteiger partial charge in [0.05, 0.1) is 11.4 Å². The molecule has 0 aliphatic carbocycles. The number of nitrogens with one attached hydrogen (secondary N) is 1. The van der Waals surface area contributed by atoms with Crippen LogP contribution in [0.4, 0.5) is 0 Å². The standard InChI is InChI=1S/C14H21N3OS/c1-15-9-13-6-4-8-17(13)14(18)11-19-10-12-5-2-3-7-16-12/h2-3,5,7,13,15H,4,6,8-11H2,1H3. The van der Waals surface area contributed by atoms with Gasteiger partial charge < -0.3 is 10.2 Å². The molecule has 1 aromatic rings. The SMILES string of the molecule is CNCC1CCCN1C(=O)CSCc1ccccn1. The van der Waals surface area contributed by atoms with Crippen molar-refractivity contribution in [1.82, 2.24) is 15.2 Å². The first-order valence-electron chi connectivity index (χ1n) is 6.73. The third-order valence-electron chi connectivity index (χ3n) is 3.34. The fourth-order valence-corrected chi connectivity index (χ4v) is 3.24. The summed E-state index contributed by atoms with van der Waals surface area (Å²) in [6.07, 6.45) is 4.04. The highest BCUT2D eigenvalue weighted by Crippen LogP contribution is 2.19. The fourth-order valence-electron chi connectivity index (χ4n) is 2.42. The van der Waals surface area contributed by atoms with E-state index in [1.54, 1.807) is 18.0 Å². The van der Waals surface area contributed by atoms with Gasteiger partial charge in [-0.05, 0) is 32.0 Å². The predicted molar refractivity (Wildman–Crippen MR) is 79.1 cm³/mol. The number of carbonyl (C=O) groups excluding carboxylic acids is 1. The number of likely N-dealkylation sites (tertiary alicyclic amines) is 1. The van der Waals surface area contributed by atoms with Crippen LogP contribution >= 0.6 is 11.8 Å². The van der Waals surface area contributed by atoms with Gasteiger partial charge in [0.15, 0.2) is 0 Å². The van der Waals surface area contributed by atoms with Crippen LogP contribution in [0.5, 0.6) is 0 Å². The van der Waals surface area contributed by atoms with E-state index in [0.717, 1.165) is 37.4 Å². The minimum Gasteiger partial charge on any atom is -0.338 e. The molecule has 1 aliphatic rings. The lowest BCUT2D eigenvalue weighted by Crippen LogP contribution is -2.41. The van der Waals surface area contributed by atoms with Gasteiger partial charge in [-0.25, -0.2) is 0 Å². The van der Waals surface area contributed by atoms with E-state index in [1.165, 1.54) is 0 Å². The molecule has 1 fully saturated rings. The minimum absolute atomic E-state index is 0.263. The Morgan fingerprint density at radius 3 is 3.21 bits per heavy atom. The van der Waals surface area contributed by atoms with Gasteiger partial charge in [-0.1, -0.05) is 6.07 Å². The molecule has 1 aliphatic heterocycles. The van der Waals surface area contributed by atoms with Crippen molar-refractivity contribution < 1.29 is 4.79 Å². The monoisotopic (exact) mass is 279 g/mol. The lowest BCUT2D eigenvalue weighted by Gasteiger charge is -2.24. The van der Waals surface area contributed by atoms with E-state index in [0.29, 0.717) is 11.8 Å². The van der Waals surface area contributed by atoms with Crippen LogP contribution in [0.2, 0.25) is 0 Å². The molecule has 4 nitrogen and oxygen atoms in total. The van der Waals surface area contributed by atoms with Crippen LogP contribution in [0.3, 0.4) is 0 Å². The normalized spacial score (nSPS) is 18.8. The maximum absolute atomic E-state index is 12.2. The number of thioether (sulfide) groups is 1. The van der Waals surface area contributed by atoms with Gasteiger partial charge in [-0.15, -0.1) is 11.8 Å². The topological polar surface area (TPSA) is 45.2 Å². The summed E-state index contributed by atoms with van der Waals surface area (Å²) in [5.74, 6) is 1.62. The Morgan fingerprint density at radius 1 is 1.58 bits per heavy atom. The Balaban J connectivity index is 1.75. The van der Waals surface area contributed by atoms with Gasteiger partial charge in [0.1, 0.15) is 0 Å². The quantitative estimate of drug-likeness (QED) is 0.857. The van der Waals surface area contributed by atoms with E-state index >= 15 is 0 Å². The molecule has 5 heteroatoms. The number of hydrogen-bond donors (Lipinski definition) is 1. The van der Waals surface area contributed by atoms with Gasteiger partial charge in [0.2, 0.25) is 5.91 Å². The van der Waals surface area contributed by atoms with E-state index in [-0.39, 0.29) is 5.91 Å². The largest absolute Gasteiger partial charge is 0.338 e. The number of hydrogen-bond acceptors (Lipinski definition) is 4. The third-order valence-corrected chi connectivity index (χ3v) is 4.29. The second-order valence-electron chi connectivity index (χ2n) is 4.75. The van der Waals surface area contributed by atoms with Crippen molar-refractivity contribution >= 4 is 17.7 Å². The van der Waals surface area contributed by atoms with Gasteiger partial charge >= 0.3 is 0 Å². The highest BCUT2D eigenvalue weighted by atomic mass is 32.2. The summed E-state index contributed by atoms with van der Waals surface area (Å²) in [7, 11) is 1.94. The number of likely N-dealkylation sites (N-methyl/N-ethyl adjacent to an activating group) is 1. The average Bonchev–Trinajstić information content (AvgIpc) is 2.89. The van der Waals surface area contributed by atoms with Crippen molar-refractivity contribution in [3.8, 4) is 0 Å². The smallest absolute Gasteiger partial charge is 0.232 e. The molecule has 0 spiro atoms. The van der Waals surface area contributed by atoms with Crippen molar-refractivity contribution in [2.45, 2.75) is 24.6 Å². The fraction of sp³-hybridized carbons (Fsp3) is 0.571. The summed E-state index contributed by atoms with van der Waals surface area (Å²) in [4.78, 5) is 18.5. The molecule has 0 aromatic carbocycles. The first kappa shape index (κ1) is 14.3. The average molecular weight is 279 g/mol. The van der Waals surface area contributed by atoms with E-state index in [4.69, 9.17) is 0 Å². The summed E-state index contributed by atoms with van der Waals surface area (Å²) < 4.78 is 0.